The van der Waals surface area contributed by atoms with Gasteiger partial charge in [0.15, 0.2) is 0 Å². The number of benzene rings is 3. The number of fused-ring (bicyclic) bond motifs is 1. The van der Waals surface area contributed by atoms with E-state index in [0.717, 1.165) is 16.7 Å². The van der Waals surface area contributed by atoms with Crippen LogP contribution in [0.4, 0.5) is 10.2 Å². The van der Waals surface area contributed by atoms with E-state index in [-0.39, 0.29) is 35.2 Å². The molecule has 0 bridgehead atoms. The number of ether oxygens (including phenoxy) is 1. The summed E-state index contributed by atoms with van der Waals surface area (Å²) < 4.78 is 20.6. The highest BCUT2D eigenvalue weighted by Crippen LogP contribution is 2.48. The summed E-state index contributed by atoms with van der Waals surface area (Å²) in [7, 11) is 1.61. The quantitative estimate of drug-likeness (QED) is 0.260. The van der Waals surface area contributed by atoms with Gasteiger partial charge < -0.3 is 10.1 Å². The van der Waals surface area contributed by atoms with Crippen molar-refractivity contribution >= 4 is 41.0 Å². The minimum Gasteiger partial charge on any atom is -0.385 e. The number of methoxy groups -OCH3 is 1. The van der Waals surface area contributed by atoms with Gasteiger partial charge in [0.2, 0.25) is 11.8 Å². The van der Waals surface area contributed by atoms with Crippen LogP contribution in [0.25, 0.3) is 16.9 Å². The zero-order chi connectivity index (χ0) is 28.1. The average molecular weight is 579 g/mol. The number of rotatable bonds is 9. The van der Waals surface area contributed by atoms with Crippen LogP contribution in [0.2, 0.25) is 5.02 Å². The van der Waals surface area contributed by atoms with Crippen LogP contribution in [0.15, 0.2) is 78.9 Å². The molecule has 1 aliphatic rings. The monoisotopic (exact) mass is 578 g/mol. The zero-order valence-corrected chi connectivity index (χ0v) is 23.4. The lowest BCUT2D eigenvalue weighted by atomic mass is 9.99. The third-order valence-corrected chi connectivity index (χ3v) is 8.11. The van der Waals surface area contributed by atoms with Crippen LogP contribution in [0.5, 0.6) is 0 Å². The number of hydrogen-bond donors (Lipinski definition) is 1. The Labute approximate surface area is 241 Å². The van der Waals surface area contributed by atoms with Gasteiger partial charge in [0.25, 0.3) is 0 Å². The van der Waals surface area contributed by atoms with E-state index >= 15 is 0 Å². The maximum absolute atomic E-state index is 13.9. The van der Waals surface area contributed by atoms with Crippen LogP contribution in [-0.2, 0) is 14.3 Å². The van der Waals surface area contributed by atoms with Gasteiger partial charge in [-0.2, -0.15) is 5.10 Å². The number of amides is 2. The molecule has 0 unspecified atom stereocenters. The first kappa shape index (κ1) is 27.9. The molecule has 1 atom stereocenters. The standard InChI is InChI=1S/C30H28ClFN4O3S/c1-39-17-7-16-33-25(37)18-35-26(38)19-40-29(21-12-14-22(32)15-13-21)27-28(20-8-3-2-4-9-20)34-36(30(27)35)24-11-6-5-10-23(24)31/h2-6,8-15,29H,7,16-19H2,1H3,(H,33,37)/t29-/m1/s1. The largest absolute Gasteiger partial charge is 0.385 e. The lowest BCUT2D eigenvalue weighted by Crippen LogP contribution is -2.42. The fraction of sp³-hybridized carbons (Fsp3) is 0.233. The van der Waals surface area contributed by atoms with E-state index in [2.05, 4.69) is 5.32 Å². The number of thioether (sulfide) groups is 1. The molecule has 0 spiro atoms. The molecular weight excluding hydrogens is 551 g/mol. The number of nitrogens with zero attached hydrogens (tertiary/aromatic N) is 3. The van der Waals surface area contributed by atoms with Gasteiger partial charge in [-0.1, -0.05) is 66.2 Å². The summed E-state index contributed by atoms with van der Waals surface area (Å²) in [4.78, 5) is 28.3. The van der Waals surface area contributed by atoms with E-state index in [1.54, 1.807) is 30.0 Å². The van der Waals surface area contributed by atoms with Crippen molar-refractivity contribution in [3.05, 3.63) is 101 Å². The van der Waals surface area contributed by atoms with Crippen LogP contribution in [-0.4, -0.2) is 54.2 Å². The predicted octanol–water partition coefficient (Wildman–Crippen LogP) is 5.65. The maximum atomic E-state index is 13.9. The molecule has 2 amide bonds. The molecule has 2 heterocycles. The van der Waals surface area contributed by atoms with Crippen molar-refractivity contribution in [1.29, 1.82) is 0 Å². The fourth-order valence-electron chi connectivity index (χ4n) is 4.66. The minimum atomic E-state index is -0.360. The first-order chi connectivity index (χ1) is 19.5. The van der Waals surface area contributed by atoms with E-state index in [1.807, 2.05) is 48.5 Å². The molecule has 206 valence electrons. The Bertz CT molecular complexity index is 1500. The normalized spacial score (nSPS) is 15.0. The number of hydrogen-bond acceptors (Lipinski definition) is 5. The molecule has 5 rings (SSSR count). The highest BCUT2D eigenvalue weighted by atomic mass is 35.5. The lowest BCUT2D eigenvalue weighted by molar-refractivity contribution is -0.122. The number of carbonyl (C=O) groups excluding carboxylic acids is 2. The van der Waals surface area contributed by atoms with Crippen LogP contribution in [0.1, 0.15) is 22.8 Å². The molecule has 0 saturated heterocycles. The second-order valence-electron chi connectivity index (χ2n) is 9.23. The van der Waals surface area contributed by atoms with Crippen LogP contribution < -0.4 is 10.2 Å². The van der Waals surface area contributed by atoms with Gasteiger partial charge in [0.05, 0.1) is 27.4 Å². The molecule has 0 aliphatic carbocycles. The van der Waals surface area contributed by atoms with E-state index in [9.17, 15) is 14.0 Å². The van der Waals surface area contributed by atoms with Gasteiger partial charge in [-0.25, -0.2) is 9.07 Å². The molecule has 1 aromatic heterocycles. The Hall–Kier alpha value is -3.66. The van der Waals surface area contributed by atoms with Gasteiger partial charge in [-0.3, -0.25) is 14.5 Å². The molecule has 0 saturated carbocycles. The summed E-state index contributed by atoms with van der Waals surface area (Å²) in [6.07, 6.45) is 0.652. The molecular formula is C30H28ClFN4O3S. The van der Waals surface area contributed by atoms with Crippen molar-refractivity contribution in [3.63, 3.8) is 0 Å². The lowest BCUT2D eigenvalue weighted by Gasteiger charge is -2.23. The number of nitrogens with one attached hydrogen (secondary N) is 1. The molecule has 4 aromatic rings. The summed E-state index contributed by atoms with van der Waals surface area (Å²) in [5.41, 5.74) is 3.64. The Balaban J connectivity index is 1.72. The van der Waals surface area contributed by atoms with Crippen LogP contribution in [0.3, 0.4) is 0 Å². The second kappa shape index (κ2) is 12.7. The van der Waals surface area contributed by atoms with Gasteiger partial charge in [-0.15, -0.1) is 11.8 Å². The van der Waals surface area contributed by atoms with Gasteiger partial charge in [-0.05, 0) is 36.2 Å². The highest BCUT2D eigenvalue weighted by Gasteiger charge is 2.38. The second-order valence-corrected chi connectivity index (χ2v) is 10.7. The first-order valence-corrected chi connectivity index (χ1v) is 14.3. The minimum absolute atomic E-state index is 0.116. The molecule has 7 nitrogen and oxygen atoms in total. The Kier molecular flexibility index (Phi) is 8.84. The highest BCUT2D eigenvalue weighted by molar-refractivity contribution is 8.00. The first-order valence-electron chi connectivity index (χ1n) is 12.8. The Morgan fingerprint density at radius 3 is 2.55 bits per heavy atom. The van der Waals surface area contributed by atoms with Crippen molar-refractivity contribution < 1.29 is 18.7 Å². The van der Waals surface area contributed by atoms with Crippen molar-refractivity contribution in [2.45, 2.75) is 11.7 Å². The van der Waals surface area contributed by atoms with E-state index < -0.39 is 0 Å². The number of aromatic nitrogens is 2. The van der Waals surface area contributed by atoms with Gasteiger partial charge >= 0.3 is 0 Å². The maximum Gasteiger partial charge on any atom is 0.240 e. The van der Waals surface area contributed by atoms with Gasteiger partial charge in [0, 0.05) is 31.4 Å². The molecule has 0 fully saturated rings. The SMILES string of the molecule is COCCCNC(=O)CN1C(=O)CS[C@H](c2ccc(F)cc2)c2c(-c3ccccc3)nn(-c3ccccc3Cl)c21. The summed E-state index contributed by atoms with van der Waals surface area (Å²) in [6, 6.07) is 23.2. The third kappa shape index (κ3) is 5.91. The van der Waals surface area contributed by atoms with E-state index in [1.165, 1.54) is 28.8 Å². The molecule has 1 aliphatic heterocycles. The summed E-state index contributed by atoms with van der Waals surface area (Å²) >= 11 is 8.08. The summed E-state index contributed by atoms with van der Waals surface area (Å²) in [6.45, 7) is 0.746. The van der Waals surface area contributed by atoms with Crippen molar-refractivity contribution in [1.82, 2.24) is 15.1 Å². The van der Waals surface area contributed by atoms with Crippen LogP contribution in [0, 0.1) is 5.82 Å². The molecule has 1 N–H and O–H groups in total. The smallest absolute Gasteiger partial charge is 0.240 e. The zero-order valence-electron chi connectivity index (χ0n) is 21.8. The topological polar surface area (TPSA) is 76.5 Å². The van der Waals surface area contributed by atoms with Gasteiger partial charge in [0.1, 0.15) is 18.2 Å². The fourth-order valence-corrected chi connectivity index (χ4v) is 6.08. The molecule has 10 heteroatoms. The number of para-hydroxylation sites is 1. The van der Waals surface area contributed by atoms with Crippen molar-refractivity contribution in [3.8, 4) is 16.9 Å². The Morgan fingerprint density at radius 2 is 1.82 bits per heavy atom. The summed E-state index contributed by atoms with van der Waals surface area (Å²) in [5.74, 6) is -0.307. The number of halogens is 2. The van der Waals surface area contributed by atoms with Crippen molar-refractivity contribution in [2.24, 2.45) is 0 Å². The average Bonchev–Trinajstić information content (AvgIpc) is 3.29. The van der Waals surface area contributed by atoms with Crippen molar-refractivity contribution in [2.75, 3.05) is 37.5 Å². The predicted molar refractivity (Wildman–Crippen MR) is 157 cm³/mol. The van der Waals surface area contributed by atoms with Crippen LogP contribution >= 0.6 is 23.4 Å². The molecule has 3 aromatic carbocycles. The molecule has 0 radical (unpaired) electrons. The molecule has 40 heavy (non-hydrogen) atoms. The van der Waals surface area contributed by atoms with E-state index in [0.29, 0.717) is 41.8 Å². The Morgan fingerprint density at radius 1 is 1.10 bits per heavy atom. The third-order valence-electron chi connectivity index (χ3n) is 6.54. The van der Waals surface area contributed by atoms with E-state index in [4.69, 9.17) is 21.4 Å². The summed E-state index contributed by atoms with van der Waals surface area (Å²) in [5, 5.41) is 7.97. The number of carbonyl (C=O) groups is 2. The number of anilines is 1.